The van der Waals surface area contributed by atoms with Crippen molar-refractivity contribution >= 4 is 17.7 Å². The van der Waals surface area contributed by atoms with Crippen LogP contribution in [0.5, 0.6) is 5.75 Å². The van der Waals surface area contributed by atoms with Crippen LogP contribution in [-0.4, -0.2) is 36.6 Å². The van der Waals surface area contributed by atoms with Gasteiger partial charge in [-0.15, -0.1) is 11.8 Å². The minimum absolute atomic E-state index is 0.111. The Kier molecular flexibility index (Phi) is 6.89. The number of hydrogen-bond donors (Lipinski definition) is 2. The quantitative estimate of drug-likeness (QED) is 0.811. The number of amides is 1. The first kappa shape index (κ1) is 16.2. The van der Waals surface area contributed by atoms with Crippen molar-refractivity contribution in [1.82, 2.24) is 10.6 Å². The smallest absolute Gasteiger partial charge is 0.230 e. The normalized spacial score (nSPS) is 15.7. The molecule has 2 N–H and O–H groups in total. The molecule has 0 spiro atoms. The number of carbonyl (C=O) groups is 1. The highest BCUT2D eigenvalue weighted by Crippen LogP contribution is 2.19. The molecule has 1 aromatic carbocycles. The van der Waals surface area contributed by atoms with Crippen molar-refractivity contribution in [2.45, 2.75) is 31.6 Å². The van der Waals surface area contributed by atoms with Crippen LogP contribution in [-0.2, 0) is 11.3 Å². The Labute approximate surface area is 131 Å². The van der Waals surface area contributed by atoms with Crippen molar-refractivity contribution in [2.75, 3.05) is 25.4 Å². The number of rotatable bonds is 7. The lowest BCUT2D eigenvalue weighted by atomic mass is 10.2. The van der Waals surface area contributed by atoms with Gasteiger partial charge in [0.2, 0.25) is 5.91 Å². The Bertz CT molecular complexity index is 448. The lowest BCUT2D eigenvalue weighted by Gasteiger charge is -2.21. The molecule has 0 saturated carbocycles. The molecule has 0 aliphatic carbocycles. The van der Waals surface area contributed by atoms with E-state index in [1.54, 1.807) is 11.8 Å². The highest BCUT2D eigenvalue weighted by Gasteiger charge is 2.14. The summed E-state index contributed by atoms with van der Waals surface area (Å²) in [5.74, 6) is 1.52. The van der Waals surface area contributed by atoms with Crippen LogP contribution in [0.2, 0.25) is 0 Å². The average molecular weight is 308 g/mol. The predicted octanol–water partition coefficient (Wildman–Crippen LogP) is 2.19. The first-order valence-electron chi connectivity index (χ1n) is 7.58. The van der Waals surface area contributed by atoms with Gasteiger partial charge in [0, 0.05) is 11.8 Å². The van der Waals surface area contributed by atoms with Gasteiger partial charge in [-0.05, 0) is 50.6 Å². The zero-order valence-electron chi connectivity index (χ0n) is 12.6. The molecule has 1 aliphatic rings. The van der Waals surface area contributed by atoms with Gasteiger partial charge in [0.1, 0.15) is 5.75 Å². The average Bonchev–Trinajstić information content (AvgIpc) is 2.53. The van der Waals surface area contributed by atoms with Gasteiger partial charge in [-0.3, -0.25) is 4.79 Å². The minimum atomic E-state index is 0.111. The van der Waals surface area contributed by atoms with E-state index < -0.39 is 0 Å². The van der Waals surface area contributed by atoms with Crippen LogP contribution in [0.15, 0.2) is 24.3 Å². The molecule has 21 heavy (non-hydrogen) atoms. The second-order valence-corrected chi connectivity index (χ2v) is 6.41. The second-order valence-electron chi connectivity index (χ2n) is 5.12. The summed E-state index contributed by atoms with van der Waals surface area (Å²) in [6.45, 7) is 5.33. The summed E-state index contributed by atoms with van der Waals surface area (Å²) in [5.41, 5.74) is 1.07. The minimum Gasteiger partial charge on any atom is -0.494 e. The third kappa shape index (κ3) is 5.98. The first-order valence-corrected chi connectivity index (χ1v) is 8.63. The fourth-order valence-electron chi connectivity index (χ4n) is 2.32. The van der Waals surface area contributed by atoms with Gasteiger partial charge in [0.25, 0.3) is 0 Å². The fourth-order valence-corrected chi connectivity index (χ4v) is 3.38. The van der Waals surface area contributed by atoms with E-state index in [-0.39, 0.29) is 5.91 Å². The van der Waals surface area contributed by atoms with Crippen LogP contribution in [0.3, 0.4) is 0 Å². The number of hydrogen-bond acceptors (Lipinski definition) is 4. The molecule has 1 fully saturated rings. The molecule has 1 saturated heterocycles. The molecule has 5 heteroatoms. The molecule has 1 amide bonds. The molecule has 0 bridgehead atoms. The van der Waals surface area contributed by atoms with Crippen molar-refractivity contribution in [1.29, 1.82) is 0 Å². The number of carbonyl (C=O) groups excluding carboxylic acids is 1. The summed E-state index contributed by atoms with van der Waals surface area (Å²) in [5, 5.41) is 6.94. The topological polar surface area (TPSA) is 50.4 Å². The Morgan fingerprint density at radius 2 is 2.24 bits per heavy atom. The standard InChI is InChI=1S/C16H24N2O2S/c1-2-20-14-5-3-4-13(10-14)11-18-16(19)12-21-15-6-8-17-9-7-15/h3-5,10,15,17H,2,6-9,11-12H2,1H3,(H,18,19). The van der Waals surface area contributed by atoms with E-state index in [1.165, 1.54) is 0 Å². The van der Waals surface area contributed by atoms with E-state index in [9.17, 15) is 4.79 Å². The zero-order valence-corrected chi connectivity index (χ0v) is 13.4. The van der Waals surface area contributed by atoms with Crippen LogP contribution < -0.4 is 15.4 Å². The molecular formula is C16H24N2O2S. The van der Waals surface area contributed by atoms with Gasteiger partial charge in [-0.25, -0.2) is 0 Å². The molecule has 0 aromatic heterocycles. The van der Waals surface area contributed by atoms with Crippen LogP contribution >= 0.6 is 11.8 Å². The molecule has 116 valence electrons. The van der Waals surface area contributed by atoms with E-state index in [0.29, 0.717) is 24.2 Å². The number of thioether (sulfide) groups is 1. The van der Waals surface area contributed by atoms with E-state index in [0.717, 1.165) is 37.2 Å². The Hall–Kier alpha value is -1.20. The van der Waals surface area contributed by atoms with Crippen molar-refractivity contribution < 1.29 is 9.53 Å². The monoisotopic (exact) mass is 308 g/mol. The lowest BCUT2D eigenvalue weighted by Crippen LogP contribution is -2.31. The molecule has 1 heterocycles. The van der Waals surface area contributed by atoms with Crippen molar-refractivity contribution in [3.05, 3.63) is 29.8 Å². The highest BCUT2D eigenvalue weighted by molar-refractivity contribution is 8.00. The van der Waals surface area contributed by atoms with Crippen LogP contribution in [0.4, 0.5) is 0 Å². The summed E-state index contributed by atoms with van der Waals surface area (Å²) in [7, 11) is 0. The molecule has 1 aliphatic heterocycles. The third-order valence-electron chi connectivity index (χ3n) is 3.44. The summed E-state index contributed by atoms with van der Waals surface area (Å²) in [6.07, 6.45) is 2.32. The zero-order chi connectivity index (χ0) is 14.9. The molecule has 0 unspecified atom stereocenters. The summed E-state index contributed by atoms with van der Waals surface area (Å²) >= 11 is 1.78. The molecular weight excluding hydrogens is 284 g/mol. The van der Waals surface area contributed by atoms with Crippen LogP contribution in [0.25, 0.3) is 0 Å². The fraction of sp³-hybridized carbons (Fsp3) is 0.562. The van der Waals surface area contributed by atoms with Gasteiger partial charge >= 0.3 is 0 Å². The number of piperidine rings is 1. The van der Waals surface area contributed by atoms with Gasteiger partial charge in [0.15, 0.2) is 0 Å². The summed E-state index contributed by atoms with van der Waals surface area (Å²) in [6, 6.07) is 7.87. The van der Waals surface area contributed by atoms with Crippen LogP contribution in [0, 0.1) is 0 Å². The maximum absolute atomic E-state index is 11.9. The maximum atomic E-state index is 11.9. The van der Waals surface area contributed by atoms with E-state index in [1.807, 2.05) is 31.2 Å². The van der Waals surface area contributed by atoms with Gasteiger partial charge < -0.3 is 15.4 Å². The Morgan fingerprint density at radius 3 is 3.00 bits per heavy atom. The molecule has 2 rings (SSSR count). The lowest BCUT2D eigenvalue weighted by molar-refractivity contribution is -0.118. The highest BCUT2D eigenvalue weighted by atomic mass is 32.2. The molecule has 4 nitrogen and oxygen atoms in total. The number of benzene rings is 1. The van der Waals surface area contributed by atoms with Crippen LogP contribution in [0.1, 0.15) is 25.3 Å². The largest absolute Gasteiger partial charge is 0.494 e. The van der Waals surface area contributed by atoms with Gasteiger partial charge in [-0.1, -0.05) is 12.1 Å². The number of nitrogens with one attached hydrogen (secondary N) is 2. The Morgan fingerprint density at radius 1 is 1.43 bits per heavy atom. The molecule has 0 atom stereocenters. The second kappa shape index (κ2) is 8.95. The molecule has 1 aromatic rings. The van der Waals surface area contributed by atoms with Crippen molar-refractivity contribution in [3.8, 4) is 5.75 Å². The van der Waals surface area contributed by atoms with Crippen molar-refractivity contribution in [3.63, 3.8) is 0 Å². The summed E-state index contributed by atoms with van der Waals surface area (Å²) in [4.78, 5) is 11.9. The number of ether oxygens (including phenoxy) is 1. The van der Waals surface area contributed by atoms with E-state index in [4.69, 9.17) is 4.74 Å². The van der Waals surface area contributed by atoms with Crippen molar-refractivity contribution in [2.24, 2.45) is 0 Å². The van der Waals surface area contributed by atoms with E-state index >= 15 is 0 Å². The van der Waals surface area contributed by atoms with Gasteiger partial charge in [-0.2, -0.15) is 0 Å². The third-order valence-corrected chi connectivity index (χ3v) is 4.81. The van der Waals surface area contributed by atoms with E-state index in [2.05, 4.69) is 10.6 Å². The predicted molar refractivity (Wildman–Crippen MR) is 87.8 cm³/mol. The Balaban J connectivity index is 1.69. The summed E-state index contributed by atoms with van der Waals surface area (Å²) < 4.78 is 5.46. The first-order chi connectivity index (χ1) is 10.3. The SMILES string of the molecule is CCOc1cccc(CNC(=O)CSC2CCNCC2)c1. The van der Waals surface area contributed by atoms with Gasteiger partial charge in [0.05, 0.1) is 12.4 Å². The maximum Gasteiger partial charge on any atom is 0.230 e. The molecule has 0 radical (unpaired) electrons.